The maximum atomic E-state index is 4.71. The molecule has 0 saturated carbocycles. The third kappa shape index (κ3) is 5.36. The van der Waals surface area contributed by atoms with Crippen molar-refractivity contribution in [3.63, 3.8) is 0 Å². The second-order valence-corrected chi connectivity index (χ2v) is 7.86. The van der Waals surface area contributed by atoms with E-state index in [9.17, 15) is 0 Å². The first-order chi connectivity index (χ1) is 14.8. The van der Waals surface area contributed by atoms with Crippen LogP contribution >= 0.6 is 0 Å². The molecular weight excluding hydrogens is 370 g/mol. The quantitative estimate of drug-likeness (QED) is 0.497. The van der Waals surface area contributed by atoms with Gasteiger partial charge in [0, 0.05) is 42.8 Å². The van der Waals surface area contributed by atoms with Crippen LogP contribution in [0.3, 0.4) is 0 Å². The van der Waals surface area contributed by atoms with Crippen LogP contribution in [-0.4, -0.2) is 29.6 Å². The summed E-state index contributed by atoms with van der Waals surface area (Å²) in [6.45, 7) is 6.44. The lowest BCUT2D eigenvalue weighted by molar-refractivity contribution is 0.578. The lowest BCUT2D eigenvalue weighted by Gasteiger charge is -2.28. The van der Waals surface area contributed by atoms with E-state index >= 15 is 0 Å². The lowest BCUT2D eigenvalue weighted by atomic mass is 10.1. The van der Waals surface area contributed by atoms with Gasteiger partial charge in [-0.05, 0) is 68.1 Å². The van der Waals surface area contributed by atoms with E-state index in [0.29, 0.717) is 5.95 Å². The summed E-state index contributed by atoms with van der Waals surface area (Å²) in [4.78, 5) is 11.6. The molecule has 2 heterocycles. The molecule has 30 heavy (non-hydrogen) atoms. The van der Waals surface area contributed by atoms with E-state index in [1.807, 2.05) is 12.3 Å². The first-order valence-electron chi connectivity index (χ1n) is 11.1. The van der Waals surface area contributed by atoms with E-state index < -0.39 is 0 Å². The smallest absolute Gasteiger partial charge is 0.227 e. The van der Waals surface area contributed by atoms with Gasteiger partial charge in [0.25, 0.3) is 0 Å². The molecule has 4 rings (SSSR count). The SMILES string of the molecule is CCCNCc1ccc(-c2ccnc(Nc3ccc(N4CCCCC4)cc3)n2)cc1. The maximum absolute atomic E-state index is 4.71. The van der Waals surface area contributed by atoms with Crippen molar-refractivity contribution < 1.29 is 0 Å². The molecule has 0 spiro atoms. The molecule has 0 atom stereocenters. The average molecular weight is 402 g/mol. The highest BCUT2D eigenvalue weighted by Gasteiger charge is 2.10. The Labute approximate surface area is 179 Å². The van der Waals surface area contributed by atoms with Crippen molar-refractivity contribution in [1.82, 2.24) is 15.3 Å². The Morgan fingerprint density at radius 2 is 1.67 bits per heavy atom. The number of aromatic nitrogens is 2. The summed E-state index contributed by atoms with van der Waals surface area (Å²) in [7, 11) is 0. The van der Waals surface area contributed by atoms with Gasteiger partial charge in [0.2, 0.25) is 5.95 Å². The fourth-order valence-electron chi connectivity index (χ4n) is 3.82. The van der Waals surface area contributed by atoms with E-state index in [1.54, 1.807) is 0 Å². The zero-order valence-electron chi connectivity index (χ0n) is 17.8. The number of piperidine rings is 1. The summed E-state index contributed by atoms with van der Waals surface area (Å²) in [6.07, 6.45) is 6.88. The summed E-state index contributed by atoms with van der Waals surface area (Å²) in [5, 5.41) is 6.77. The van der Waals surface area contributed by atoms with E-state index in [1.165, 1.54) is 30.5 Å². The summed E-state index contributed by atoms with van der Waals surface area (Å²) < 4.78 is 0. The van der Waals surface area contributed by atoms with Gasteiger partial charge in [-0.25, -0.2) is 9.97 Å². The van der Waals surface area contributed by atoms with E-state index in [0.717, 1.165) is 49.5 Å². The summed E-state index contributed by atoms with van der Waals surface area (Å²) in [5.41, 5.74) is 5.60. The highest BCUT2D eigenvalue weighted by atomic mass is 15.1. The van der Waals surface area contributed by atoms with E-state index in [-0.39, 0.29) is 0 Å². The van der Waals surface area contributed by atoms with Crippen LogP contribution < -0.4 is 15.5 Å². The van der Waals surface area contributed by atoms with Gasteiger partial charge in [0.15, 0.2) is 0 Å². The minimum absolute atomic E-state index is 0.618. The zero-order valence-corrected chi connectivity index (χ0v) is 17.8. The summed E-state index contributed by atoms with van der Waals surface area (Å²) in [6, 6.07) is 19.1. The number of anilines is 3. The molecule has 1 aromatic heterocycles. The van der Waals surface area contributed by atoms with Crippen LogP contribution in [0.1, 0.15) is 38.2 Å². The third-order valence-corrected chi connectivity index (χ3v) is 5.51. The van der Waals surface area contributed by atoms with Crippen molar-refractivity contribution in [2.45, 2.75) is 39.2 Å². The number of hydrogen-bond acceptors (Lipinski definition) is 5. The van der Waals surface area contributed by atoms with Gasteiger partial charge in [-0.2, -0.15) is 0 Å². The standard InChI is InChI=1S/C25H31N5/c1-2-15-26-19-20-6-8-21(9-7-20)24-14-16-27-25(29-24)28-22-10-12-23(13-11-22)30-17-4-3-5-18-30/h6-14,16,26H,2-5,15,17-19H2,1H3,(H,27,28,29). The Kier molecular flexibility index (Phi) is 6.93. The Morgan fingerprint density at radius 3 is 2.40 bits per heavy atom. The Bertz CT molecular complexity index is 915. The Morgan fingerprint density at radius 1 is 0.900 bits per heavy atom. The molecule has 0 amide bonds. The second-order valence-electron chi connectivity index (χ2n) is 7.86. The molecule has 5 nitrogen and oxygen atoms in total. The van der Waals surface area contributed by atoms with Crippen molar-refractivity contribution in [3.8, 4) is 11.3 Å². The minimum atomic E-state index is 0.618. The fourth-order valence-corrected chi connectivity index (χ4v) is 3.82. The van der Waals surface area contributed by atoms with E-state index in [2.05, 4.69) is 76.0 Å². The summed E-state index contributed by atoms with van der Waals surface area (Å²) in [5.74, 6) is 0.618. The first-order valence-corrected chi connectivity index (χ1v) is 11.1. The topological polar surface area (TPSA) is 53.1 Å². The molecule has 2 aromatic carbocycles. The van der Waals surface area contributed by atoms with Gasteiger partial charge < -0.3 is 15.5 Å². The van der Waals surface area contributed by atoms with Crippen molar-refractivity contribution in [3.05, 3.63) is 66.4 Å². The molecule has 0 unspecified atom stereocenters. The normalized spacial score (nSPS) is 14.0. The third-order valence-electron chi connectivity index (χ3n) is 5.51. The van der Waals surface area contributed by atoms with Crippen LogP contribution in [0.25, 0.3) is 11.3 Å². The van der Waals surface area contributed by atoms with Crippen molar-refractivity contribution in [2.24, 2.45) is 0 Å². The number of hydrogen-bond donors (Lipinski definition) is 2. The molecule has 5 heteroatoms. The molecule has 1 aliphatic heterocycles. The van der Waals surface area contributed by atoms with Crippen LogP contribution in [0.5, 0.6) is 0 Å². The molecule has 3 aromatic rings. The predicted molar refractivity (Wildman–Crippen MR) is 125 cm³/mol. The summed E-state index contributed by atoms with van der Waals surface area (Å²) >= 11 is 0. The highest BCUT2D eigenvalue weighted by Crippen LogP contribution is 2.24. The monoisotopic (exact) mass is 401 g/mol. The first kappa shape index (κ1) is 20.4. The number of benzene rings is 2. The van der Waals surface area contributed by atoms with Gasteiger partial charge in [-0.3, -0.25) is 0 Å². The molecule has 2 N–H and O–H groups in total. The maximum Gasteiger partial charge on any atom is 0.227 e. The van der Waals surface area contributed by atoms with E-state index in [4.69, 9.17) is 4.98 Å². The van der Waals surface area contributed by atoms with Crippen molar-refractivity contribution in [1.29, 1.82) is 0 Å². The average Bonchev–Trinajstić information content (AvgIpc) is 2.81. The second kappa shape index (κ2) is 10.2. The molecule has 1 fully saturated rings. The van der Waals surface area contributed by atoms with Crippen LogP contribution in [0, 0.1) is 0 Å². The van der Waals surface area contributed by atoms with Crippen molar-refractivity contribution >= 4 is 17.3 Å². The van der Waals surface area contributed by atoms with Crippen LogP contribution in [0.4, 0.5) is 17.3 Å². The molecule has 0 bridgehead atoms. The molecule has 1 saturated heterocycles. The van der Waals surface area contributed by atoms with Gasteiger partial charge in [-0.15, -0.1) is 0 Å². The lowest BCUT2D eigenvalue weighted by Crippen LogP contribution is -2.29. The van der Waals surface area contributed by atoms with Gasteiger partial charge in [0.1, 0.15) is 0 Å². The zero-order chi connectivity index (χ0) is 20.6. The predicted octanol–water partition coefficient (Wildman–Crippen LogP) is 5.38. The molecule has 156 valence electrons. The van der Waals surface area contributed by atoms with Gasteiger partial charge >= 0.3 is 0 Å². The molecule has 1 aliphatic rings. The number of nitrogens with zero attached hydrogens (tertiary/aromatic N) is 3. The number of nitrogens with one attached hydrogen (secondary N) is 2. The fraction of sp³-hybridized carbons (Fsp3) is 0.360. The molecular formula is C25H31N5. The molecule has 0 aliphatic carbocycles. The molecule has 0 radical (unpaired) electrons. The highest BCUT2D eigenvalue weighted by molar-refractivity contribution is 5.63. The largest absolute Gasteiger partial charge is 0.372 e. The van der Waals surface area contributed by atoms with Crippen LogP contribution in [0.15, 0.2) is 60.8 Å². The number of rotatable bonds is 8. The van der Waals surface area contributed by atoms with Gasteiger partial charge in [0.05, 0.1) is 5.69 Å². The Hall–Kier alpha value is -2.92. The Balaban J connectivity index is 1.40. The van der Waals surface area contributed by atoms with Gasteiger partial charge in [-0.1, -0.05) is 31.2 Å². The van der Waals surface area contributed by atoms with Crippen LogP contribution in [0.2, 0.25) is 0 Å². The van der Waals surface area contributed by atoms with Crippen molar-refractivity contribution in [2.75, 3.05) is 29.9 Å². The van der Waals surface area contributed by atoms with Crippen LogP contribution in [-0.2, 0) is 6.54 Å². The minimum Gasteiger partial charge on any atom is -0.372 e.